The molecule has 144 valence electrons. The van der Waals surface area contributed by atoms with E-state index in [9.17, 15) is 9.59 Å². The van der Waals surface area contributed by atoms with Crippen LogP contribution in [0.4, 0.5) is 5.69 Å². The van der Waals surface area contributed by atoms with Gasteiger partial charge in [0.25, 0.3) is 5.91 Å². The van der Waals surface area contributed by atoms with E-state index in [2.05, 4.69) is 15.6 Å². The SMILES string of the molecule is Cc1[nH]c(CC2C(=O)Nc3ccc(Cl)cc32)c(C)c1C(=O)NCCN(C)C. The fourth-order valence-electron chi connectivity index (χ4n) is 3.54. The number of fused-ring (bicyclic) bond motifs is 1. The van der Waals surface area contributed by atoms with Gasteiger partial charge in [-0.3, -0.25) is 9.59 Å². The summed E-state index contributed by atoms with van der Waals surface area (Å²) in [6.45, 7) is 5.17. The second kappa shape index (κ2) is 7.74. The molecule has 1 atom stereocenters. The molecule has 0 fully saturated rings. The second-order valence-corrected chi connectivity index (χ2v) is 7.70. The van der Waals surface area contributed by atoms with E-state index in [1.807, 2.05) is 45.0 Å². The van der Waals surface area contributed by atoms with Crippen molar-refractivity contribution in [3.63, 3.8) is 0 Å². The van der Waals surface area contributed by atoms with Crippen LogP contribution in [0.2, 0.25) is 5.02 Å². The van der Waals surface area contributed by atoms with Crippen LogP contribution in [0, 0.1) is 13.8 Å². The van der Waals surface area contributed by atoms with Crippen molar-refractivity contribution in [2.75, 3.05) is 32.5 Å². The maximum atomic E-state index is 12.6. The number of hydrogen-bond donors (Lipinski definition) is 3. The lowest BCUT2D eigenvalue weighted by Gasteiger charge is -2.11. The number of nitrogens with one attached hydrogen (secondary N) is 3. The van der Waals surface area contributed by atoms with Gasteiger partial charge in [-0.2, -0.15) is 0 Å². The highest BCUT2D eigenvalue weighted by Crippen LogP contribution is 2.37. The number of amides is 2. The zero-order valence-electron chi connectivity index (χ0n) is 16.1. The molecule has 3 N–H and O–H groups in total. The number of rotatable bonds is 6. The Balaban J connectivity index is 1.80. The number of carbonyl (C=O) groups is 2. The number of aromatic amines is 1. The van der Waals surface area contributed by atoms with Crippen molar-refractivity contribution in [2.45, 2.75) is 26.2 Å². The third-order valence-electron chi connectivity index (χ3n) is 4.98. The lowest BCUT2D eigenvalue weighted by Crippen LogP contribution is -2.31. The fraction of sp³-hybridized carbons (Fsp3) is 0.400. The van der Waals surface area contributed by atoms with Crippen molar-refractivity contribution in [3.8, 4) is 0 Å². The van der Waals surface area contributed by atoms with Crippen molar-refractivity contribution in [1.29, 1.82) is 0 Å². The number of hydrogen-bond acceptors (Lipinski definition) is 3. The summed E-state index contributed by atoms with van der Waals surface area (Å²) < 4.78 is 0. The van der Waals surface area contributed by atoms with Gasteiger partial charge in [-0.25, -0.2) is 0 Å². The Hall–Kier alpha value is -2.31. The maximum absolute atomic E-state index is 12.6. The van der Waals surface area contributed by atoms with Crippen molar-refractivity contribution >= 4 is 29.1 Å². The van der Waals surface area contributed by atoms with Crippen LogP contribution in [-0.4, -0.2) is 48.9 Å². The monoisotopic (exact) mass is 388 g/mol. The van der Waals surface area contributed by atoms with E-state index in [-0.39, 0.29) is 17.7 Å². The lowest BCUT2D eigenvalue weighted by molar-refractivity contribution is -0.117. The Morgan fingerprint density at radius 3 is 2.74 bits per heavy atom. The second-order valence-electron chi connectivity index (χ2n) is 7.27. The van der Waals surface area contributed by atoms with E-state index >= 15 is 0 Å². The molecule has 2 amide bonds. The molecule has 2 aromatic rings. The number of benzene rings is 1. The zero-order chi connectivity index (χ0) is 19.7. The number of carbonyl (C=O) groups excluding carboxylic acids is 2. The fourth-order valence-corrected chi connectivity index (χ4v) is 3.72. The minimum absolute atomic E-state index is 0.0455. The standard InChI is InChI=1S/C20H25ClN4O2/c1-11-17(23-12(2)18(11)20(27)22-7-8-25(3)4)10-15-14-9-13(21)5-6-16(14)24-19(15)26/h5-6,9,15,23H,7-8,10H2,1-4H3,(H,22,27)(H,24,26). The van der Waals surface area contributed by atoms with Gasteiger partial charge in [-0.1, -0.05) is 11.6 Å². The van der Waals surface area contributed by atoms with Gasteiger partial charge in [0.1, 0.15) is 0 Å². The first kappa shape index (κ1) is 19.5. The van der Waals surface area contributed by atoms with Crippen molar-refractivity contribution < 1.29 is 9.59 Å². The third kappa shape index (κ3) is 4.01. The van der Waals surface area contributed by atoms with Gasteiger partial charge in [0, 0.05) is 41.6 Å². The largest absolute Gasteiger partial charge is 0.362 e. The van der Waals surface area contributed by atoms with Gasteiger partial charge in [-0.15, -0.1) is 0 Å². The molecule has 0 spiro atoms. The number of nitrogens with zero attached hydrogens (tertiary/aromatic N) is 1. The van der Waals surface area contributed by atoms with Gasteiger partial charge < -0.3 is 20.5 Å². The molecule has 0 aliphatic carbocycles. The van der Waals surface area contributed by atoms with Gasteiger partial charge in [-0.05, 0) is 57.3 Å². The quantitative estimate of drug-likeness (QED) is 0.712. The molecule has 27 heavy (non-hydrogen) atoms. The maximum Gasteiger partial charge on any atom is 0.253 e. The summed E-state index contributed by atoms with van der Waals surface area (Å²) in [6.07, 6.45) is 0.497. The van der Waals surface area contributed by atoms with E-state index in [1.54, 1.807) is 6.07 Å². The van der Waals surface area contributed by atoms with Crippen LogP contribution < -0.4 is 10.6 Å². The van der Waals surface area contributed by atoms with Crippen LogP contribution >= 0.6 is 11.6 Å². The molecule has 0 saturated carbocycles. The number of aryl methyl sites for hydroxylation is 1. The Labute approximate surface area is 164 Å². The zero-order valence-corrected chi connectivity index (χ0v) is 16.8. The molecule has 1 aromatic heterocycles. The highest BCUT2D eigenvalue weighted by molar-refractivity contribution is 6.31. The van der Waals surface area contributed by atoms with E-state index in [4.69, 9.17) is 11.6 Å². The predicted octanol–water partition coefficient (Wildman–Crippen LogP) is 2.85. The minimum atomic E-state index is -0.319. The van der Waals surface area contributed by atoms with Crippen molar-refractivity contribution in [3.05, 3.63) is 51.3 Å². The first-order valence-electron chi connectivity index (χ1n) is 8.99. The number of halogens is 1. The third-order valence-corrected chi connectivity index (χ3v) is 5.22. The molecule has 1 aliphatic rings. The molecule has 6 nitrogen and oxygen atoms in total. The summed E-state index contributed by atoms with van der Waals surface area (Å²) in [4.78, 5) is 30.3. The first-order valence-corrected chi connectivity index (χ1v) is 9.37. The van der Waals surface area contributed by atoms with Gasteiger partial charge in [0.2, 0.25) is 5.91 Å². The lowest BCUT2D eigenvalue weighted by atomic mass is 9.94. The van der Waals surface area contributed by atoms with Crippen molar-refractivity contribution in [1.82, 2.24) is 15.2 Å². The Kier molecular flexibility index (Phi) is 5.58. The summed E-state index contributed by atoms with van der Waals surface area (Å²) in [5.74, 6) is -0.454. The van der Waals surface area contributed by atoms with E-state index in [0.717, 1.165) is 34.7 Å². The van der Waals surface area contributed by atoms with Gasteiger partial charge in [0.15, 0.2) is 0 Å². The summed E-state index contributed by atoms with van der Waals surface area (Å²) in [5, 5.41) is 6.46. The Morgan fingerprint density at radius 1 is 1.30 bits per heavy atom. The molecule has 7 heteroatoms. The Morgan fingerprint density at radius 2 is 2.04 bits per heavy atom. The number of aromatic nitrogens is 1. The van der Waals surface area contributed by atoms with Crippen LogP contribution in [0.25, 0.3) is 0 Å². The summed E-state index contributed by atoms with van der Waals surface area (Å²) in [6, 6.07) is 5.43. The highest BCUT2D eigenvalue weighted by atomic mass is 35.5. The predicted molar refractivity (Wildman–Crippen MR) is 108 cm³/mol. The number of likely N-dealkylation sites (N-methyl/N-ethyl adjacent to an activating group) is 1. The van der Waals surface area contributed by atoms with Crippen LogP contribution in [0.5, 0.6) is 0 Å². The van der Waals surface area contributed by atoms with Crippen molar-refractivity contribution in [2.24, 2.45) is 0 Å². The topological polar surface area (TPSA) is 77.2 Å². The summed E-state index contributed by atoms with van der Waals surface area (Å²) >= 11 is 6.11. The van der Waals surface area contributed by atoms with Crippen LogP contribution in [0.1, 0.15) is 38.8 Å². The molecular weight excluding hydrogens is 364 g/mol. The molecule has 0 radical (unpaired) electrons. The number of anilines is 1. The average molecular weight is 389 g/mol. The summed E-state index contributed by atoms with van der Waals surface area (Å²) in [7, 11) is 3.93. The van der Waals surface area contributed by atoms with E-state index in [1.165, 1.54) is 0 Å². The smallest absolute Gasteiger partial charge is 0.253 e. The number of H-pyrrole nitrogens is 1. The van der Waals surface area contributed by atoms with E-state index in [0.29, 0.717) is 23.6 Å². The van der Waals surface area contributed by atoms with Gasteiger partial charge >= 0.3 is 0 Å². The van der Waals surface area contributed by atoms with Crippen LogP contribution in [0.3, 0.4) is 0 Å². The molecule has 1 aliphatic heterocycles. The van der Waals surface area contributed by atoms with E-state index < -0.39 is 0 Å². The van der Waals surface area contributed by atoms with Gasteiger partial charge in [0.05, 0.1) is 11.5 Å². The molecular formula is C20H25ClN4O2. The average Bonchev–Trinajstić information content (AvgIpc) is 3.04. The van der Waals surface area contributed by atoms with Crippen LogP contribution in [0.15, 0.2) is 18.2 Å². The molecule has 1 aromatic carbocycles. The first-order chi connectivity index (χ1) is 12.8. The highest BCUT2D eigenvalue weighted by Gasteiger charge is 2.32. The summed E-state index contributed by atoms with van der Waals surface area (Å²) in [5.41, 5.74) is 4.97. The molecule has 2 heterocycles. The molecule has 0 bridgehead atoms. The minimum Gasteiger partial charge on any atom is -0.362 e. The van der Waals surface area contributed by atoms with Crippen LogP contribution in [-0.2, 0) is 11.2 Å². The molecule has 1 unspecified atom stereocenters. The molecule has 0 saturated heterocycles. The Bertz CT molecular complexity index is 888. The normalized spacial score (nSPS) is 15.8. The molecule has 3 rings (SSSR count).